The molecule has 0 radical (unpaired) electrons. The van der Waals surface area contributed by atoms with Crippen LogP contribution in [0.1, 0.15) is 79.5 Å². The number of fused-ring (bicyclic) bond motifs is 1. The molecule has 0 aliphatic carbocycles. The molecule has 0 bridgehead atoms. The fourth-order valence-corrected chi connectivity index (χ4v) is 6.13. The summed E-state index contributed by atoms with van der Waals surface area (Å²) in [6.07, 6.45) is 0.891. The van der Waals surface area contributed by atoms with Gasteiger partial charge >= 0.3 is 6.09 Å². The van der Waals surface area contributed by atoms with Crippen molar-refractivity contribution >= 4 is 23.6 Å². The molecule has 0 N–H and O–H groups in total. The van der Waals surface area contributed by atoms with Crippen molar-refractivity contribution in [3.05, 3.63) is 23.5 Å². The van der Waals surface area contributed by atoms with Crippen LogP contribution in [0.25, 0.3) is 0 Å². The first-order valence-corrected chi connectivity index (χ1v) is 15.2. The molecule has 3 amide bonds. The molecule has 0 unspecified atom stereocenters. The quantitative estimate of drug-likeness (QED) is 0.460. The zero-order chi connectivity index (χ0) is 31.9. The Labute approximate surface area is 253 Å². The van der Waals surface area contributed by atoms with Crippen molar-refractivity contribution in [3.8, 4) is 0 Å². The molecule has 4 heterocycles. The Morgan fingerprint density at radius 3 is 2.51 bits per heavy atom. The number of ether oxygens (including phenoxy) is 2. The van der Waals surface area contributed by atoms with Crippen molar-refractivity contribution in [2.24, 2.45) is 0 Å². The molecule has 43 heavy (non-hydrogen) atoms. The highest BCUT2D eigenvalue weighted by Crippen LogP contribution is 2.43. The number of morpholine rings is 1. The van der Waals surface area contributed by atoms with Gasteiger partial charge in [0.1, 0.15) is 17.9 Å². The third kappa shape index (κ3) is 7.45. The van der Waals surface area contributed by atoms with E-state index in [-0.39, 0.29) is 61.8 Å². The Hall–Kier alpha value is -2.86. The molecule has 0 spiro atoms. The van der Waals surface area contributed by atoms with Crippen LogP contribution < -0.4 is 4.90 Å². The molecule has 2 fully saturated rings. The SMILES string of the molecule is CCCC(F)(F)c1cc2c(cn1)C(C)(C)CN2C(=O)CN1C[C@@H](C)N(C(=O)OC(C)(C)C)C[C@@H]1CN1C[C@H](C)OCC1=O. The van der Waals surface area contributed by atoms with Crippen LogP contribution >= 0.6 is 0 Å². The molecule has 1 aromatic heterocycles. The van der Waals surface area contributed by atoms with E-state index in [2.05, 4.69) is 4.98 Å². The number of rotatable bonds is 7. The van der Waals surface area contributed by atoms with Gasteiger partial charge in [-0.15, -0.1) is 0 Å². The summed E-state index contributed by atoms with van der Waals surface area (Å²) < 4.78 is 40.8. The number of alkyl halides is 2. The molecule has 3 aliphatic rings. The Kier molecular flexibility index (Phi) is 9.42. The summed E-state index contributed by atoms with van der Waals surface area (Å²) in [5.74, 6) is -3.46. The lowest BCUT2D eigenvalue weighted by Crippen LogP contribution is -2.64. The van der Waals surface area contributed by atoms with Crippen LogP contribution in [0.3, 0.4) is 0 Å². The molecule has 240 valence electrons. The van der Waals surface area contributed by atoms with Gasteiger partial charge in [-0.1, -0.05) is 27.2 Å². The van der Waals surface area contributed by atoms with Crippen molar-refractivity contribution in [2.45, 2.75) is 103 Å². The number of hydrogen-bond acceptors (Lipinski definition) is 7. The Bertz CT molecular complexity index is 1220. The summed E-state index contributed by atoms with van der Waals surface area (Å²) in [7, 11) is 0. The first kappa shape index (κ1) is 33.0. The summed E-state index contributed by atoms with van der Waals surface area (Å²) in [4.78, 5) is 50.9. The standard InChI is InChI=1S/C31H47F2N5O5/c1-9-10-31(32,33)25-11-24-23(12-34-25)30(7,8)19-38(24)26(39)17-35-13-20(2)37(28(41)43-29(4,5)6)16-22(35)15-36-14-21(3)42-18-27(36)40/h11-12,20-22H,9-10,13-19H2,1-8H3/t20-,21+,22+/m1/s1. The van der Waals surface area contributed by atoms with E-state index in [9.17, 15) is 23.2 Å². The smallest absolute Gasteiger partial charge is 0.410 e. The Morgan fingerprint density at radius 1 is 1.16 bits per heavy atom. The highest BCUT2D eigenvalue weighted by atomic mass is 19.3. The largest absolute Gasteiger partial charge is 0.444 e. The van der Waals surface area contributed by atoms with E-state index in [4.69, 9.17) is 9.47 Å². The number of carbonyl (C=O) groups excluding carboxylic acids is 3. The van der Waals surface area contributed by atoms with Crippen LogP contribution in [0.15, 0.2) is 12.3 Å². The number of amides is 3. The third-order valence-corrected chi connectivity index (χ3v) is 8.37. The molecular weight excluding hydrogens is 560 g/mol. The maximum absolute atomic E-state index is 14.8. The minimum atomic E-state index is -3.09. The van der Waals surface area contributed by atoms with E-state index in [0.29, 0.717) is 38.3 Å². The molecule has 0 saturated carbocycles. The maximum atomic E-state index is 14.8. The number of anilines is 1. The molecular formula is C31H47F2N5O5. The number of halogens is 2. The van der Waals surface area contributed by atoms with Crippen molar-refractivity contribution in [1.82, 2.24) is 19.7 Å². The first-order chi connectivity index (χ1) is 19.9. The zero-order valence-electron chi connectivity index (χ0n) is 26.8. The molecule has 12 heteroatoms. The highest BCUT2D eigenvalue weighted by molar-refractivity contribution is 5.97. The monoisotopic (exact) mass is 607 g/mol. The Morgan fingerprint density at radius 2 is 1.86 bits per heavy atom. The van der Waals surface area contributed by atoms with Gasteiger partial charge in [-0.05, 0) is 40.7 Å². The summed E-state index contributed by atoms with van der Waals surface area (Å²) in [6.45, 7) is 16.6. The first-order valence-electron chi connectivity index (χ1n) is 15.2. The lowest BCUT2D eigenvalue weighted by atomic mass is 9.88. The summed E-state index contributed by atoms with van der Waals surface area (Å²) in [5, 5.41) is 0. The Balaban J connectivity index is 1.59. The van der Waals surface area contributed by atoms with Crippen LogP contribution in [0, 0.1) is 0 Å². The van der Waals surface area contributed by atoms with Crippen molar-refractivity contribution in [1.29, 1.82) is 0 Å². The topological polar surface area (TPSA) is 95.5 Å². The lowest BCUT2D eigenvalue weighted by molar-refractivity contribution is -0.149. The van der Waals surface area contributed by atoms with Crippen molar-refractivity contribution < 1.29 is 32.6 Å². The average Bonchev–Trinajstić information content (AvgIpc) is 3.16. The van der Waals surface area contributed by atoms with Crippen LogP contribution in [0.2, 0.25) is 0 Å². The summed E-state index contributed by atoms with van der Waals surface area (Å²) >= 11 is 0. The molecule has 3 aliphatic heterocycles. The molecule has 0 aromatic carbocycles. The van der Waals surface area contributed by atoms with Gasteiger partial charge in [0.2, 0.25) is 11.8 Å². The number of hydrogen-bond donors (Lipinski definition) is 0. The number of piperazine rings is 1. The number of aromatic nitrogens is 1. The second-order valence-corrected chi connectivity index (χ2v) is 13.9. The van der Waals surface area contributed by atoms with Gasteiger partial charge in [-0.3, -0.25) is 19.5 Å². The minimum absolute atomic E-state index is 0.00375. The van der Waals surface area contributed by atoms with Crippen LogP contribution in [-0.2, 0) is 30.4 Å². The molecule has 10 nitrogen and oxygen atoms in total. The van der Waals surface area contributed by atoms with E-state index in [1.807, 2.05) is 53.4 Å². The third-order valence-electron chi connectivity index (χ3n) is 8.37. The molecule has 4 rings (SSSR count). The van der Waals surface area contributed by atoms with Gasteiger partial charge in [-0.25, -0.2) is 4.79 Å². The van der Waals surface area contributed by atoms with Gasteiger partial charge in [0.05, 0.1) is 18.3 Å². The van der Waals surface area contributed by atoms with E-state index in [0.717, 1.165) is 5.56 Å². The van der Waals surface area contributed by atoms with E-state index in [1.165, 1.54) is 12.3 Å². The predicted molar refractivity (Wildman–Crippen MR) is 158 cm³/mol. The van der Waals surface area contributed by atoms with Crippen molar-refractivity contribution in [3.63, 3.8) is 0 Å². The number of pyridine rings is 1. The average molecular weight is 608 g/mol. The summed E-state index contributed by atoms with van der Waals surface area (Å²) in [6, 6.07) is 0.759. The van der Waals surface area contributed by atoms with E-state index in [1.54, 1.807) is 21.6 Å². The molecule has 1 aromatic rings. The normalized spacial score (nSPS) is 24.7. The van der Waals surface area contributed by atoms with Crippen molar-refractivity contribution in [2.75, 3.05) is 50.8 Å². The fourth-order valence-electron chi connectivity index (χ4n) is 6.13. The molecule has 3 atom stereocenters. The van der Waals surface area contributed by atoms with Gasteiger partial charge in [0.25, 0.3) is 5.92 Å². The van der Waals surface area contributed by atoms with Gasteiger partial charge in [0.15, 0.2) is 0 Å². The second kappa shape index (κ2) is 12.3. The number of nitrogens with zero attached hydrogens (tertiary/aromatic N) is 5. The van der Waals surface area contributed by atoms with E-state index >= 15 is 0 Å². The minimum Gasteiger partial charge on any atom is -0.444 e. The lowest BCUT2D eigenvalue weighted by Gasteiger charge is -2.47. The van der Waals surface area contributed by atoms with Gasteiger partial charge in [0, 0.05) is 68.4 Å². The van der Waals surface area contributed by atoms with Crippen LogP contribution in [0.4, 0.5) is 19.3 Å². The van der Waals surface area contributed by atoms with Gasteiger partial charge in [-0.2, -0.15) is 8.78 Å². The fraction of sp³-hybridized carbons (Fsp3) is 0.742. The summed E-state index contributed by atoms with van der Waals surface area (Å²) in [5.41, 5.74) is -0.253. The van der Waals surface area contributed by atoms with E-state index < -0.39 is 23.0 Å². The number of carbonyl (C=O) groups is 3. The molecule has 2 saturated heterocycles. The van der Waals surface area contributed by atoms with Crippen LogP contribution in [-0.4, -0.2) is 107 Å². The zero-order valence-corrected chi connectivity index (χ0v) is 26.8. The van der Waals surface area contributed by atoms with Gasteiger partial charge < -0.3 is 24.2 Å². The maximum Gasteiger partial charge on any atom is 0.410 e. The predicted octanol–water partition coefficient (Wildman–Crippen LogP) is 4.15. The highest BCUT2D eigenvalue weighted by Gasteiger charge is 2.44. The van der Waals surface area contributed by atoms with Crippen LogP contribution in [0.5, 0.6) is 0 Å². The second-order valence-electron chi connectivity index (χ2n) is 13.9.